The highest BCUT2D eigenvalue weighted by Crippen LogP contribution is 2.28. The Morgan fingerprint density at radius 2 is 1.77 bits per heavy atom. The van der Waals surface area contributed by atoms with Gasteiger partial charge in [-0.1, -0.05) is 32.9 Å². The normalized spacial score (nSPS) is 11.8. The van der Waals surface area contributed by atoms with Gasteiger partial charge in [-0.25, -0.2) is 0 Å². The van der Waals surface area contributed by atoms with Crippen molar-refractivity contribution in [2.24, 2.45) is 0 Å². The molecule has 1 aromatic carbocycles. The van der Waals surface area contributed by atoms with Gasteiger partial charge >= 0.3 is 0 Å². The lowest BCUT2D eigenvalue weighted by atomic mass is 9.87. The number of rotatable bonds is 1. The van der Waals surface area contributed by atoms with Gasteiger partial charge in [0.05, 0.1) is 0 Å². The fraction of sp³-hybridized carbons (Fsp3) is 0.500. The molecule has 0 spiro atoms. The predicted octanol–water partition coefficient (Wildman–Crippen LogP) is 4.01. The molecule has 1 heteroatoms. The van der Waals surface area contributed by atoms with E-state index in [2.05, 4.69) is 52.1 Å². The molecule has 0 saturated heterocycles. The van der Waals surface area contributed by atoms with E-state index in [1.807, 2.05) is 11.8 Å². The summed E-state index contributed by atoms with van der Waals surface area (Å²) >= 11 is 1.83. The fourth-order valence-corrected chi connectivity index (χ4v) is 1.92. The van der Waals surface area contributed by atoms with E-state index in [0.29, 0.717) is 0 Å². The number of hydrogen-bond acceptors (Lipinski definition) is 1. The second kappa shape index (κ2) is 3.75. The van der Waals surface area contributed by atoms with Gasteiger partial charge in [0.2, 0.25) is 0 Å². The second-order valence-corrected chi connectivity index (χ2v) is 5.28. The van der Waals surface area contributed by atoms with Crippen LogP contribution in [0.5, 0.6) is 0 Å². The lowest BCUT2D eigenvalue weighted by Crippen LogP contribution is -2.10. The highest BCUT2D eigenvalue weighted by molar-refractivity contribution is 7.98. The number of aryl methyl sites for hydroxylation is 1. The summed E-state index contributed by atoms with van der Waals surface area (Å²) in [5.41, 5.74) is 3.06. The summed E-state index contributed by atoms with van der Waals surface area (Å²) in [5.74, 6) is 0. The quantitative estimate of drug-likeness (QED) is 0.609. The predicted molar refractivity (Wildman–Crippen MR) is 61.7 cm³/mol. The average molecular weight is 194 g/mol. The van der Waals surface area contributed by atoms with Crippen LogP contribution in [0.15, 0.2) is 23.1 Å². The van der Waals surface area contributed by atoms with E-state index >= 15 is 0 Å². The molecule has 72 valence electrons. The summed E-state index contributed by atoms with van der Waals surface area (Å²) in [6.07, 6.45) is 2.13. The van der Waals surface area contributed by atoms with Crippen molar-refractivity contribution in [1.29, 1.82) is 0 Å². The molecule has 0 aliphatic carbocycles. The monoisotopic (exact) mass is 194 g/mol. The molecule has 0 atom stereocenters. The Morgan fingerprint density at radius 3 is 2.23 bits per heavy atom. The molecule has 0 amide bonds. The van der Waals surface area contributed by atoms with Crippen molar-refractivity contribution < 1.29 is 0 Å². The number of hydrogen-bond donors (Lipinski definition) is 0. The zero-order valence-corrected chi connectivity index (χ0v) is 9.96. The van der Waals surface area contributed by atoms with Crippen LogP contribution in [0, 0.1) is 6.92 Å². The number of thioether (sulfide) groups is 1. The first-order chi connectivity index (χ1) is 5.95. The molecular weight excluding hydrogens is 176 g/mol. The third-order valence-corrected chi connectivity index (χ3v) is 3.15. The molecule has 0 heterocycles. The van der Waals surface area contributed by atoms with E-state index in [1.54, 1.807) is 0 Å². The van der Waals surface area contributed by atoms with Gasteiger partial charge in [0.15, 0.2) is 0 Å². The molecule has 0 aliphatic heterocycles. The first kappa shape index (κ1) is 10.6. The highest BCUT2D eigenvalue weighted by Gasteiger charge is 2.14. The molecule has 0 aromatic heterocycles. The van der Waals surface area contributed by atoms with Crippen LogP contribution >= 0.6 is 11.8 Å². The molecule has 1 rings (SSSR count). The maximum absolute atomic E-state index is 2.31. The van der Waals surface area contributed by atoms with Gasteiger partial charge in [-0.3, -0.25) is 0 Å². The zero-order valence-electron chi connectivity index (χ0n) is 9.14. The Balaban J connectivity index is 3.14. The van der Waals surface area contributed by atoms with Crippen LogP contribution < -0.4 is 0 Å². The van der Waals surface area contributed by atoms with E-state index in [1.165, 1.54) is 16.0 Å². The summed E-state index contributed by atoms with van der Waals surface area (Å²) in [7, 11) is 0. The molecule has 13 heavy (non-hydrogen) atoms. The summed E-state index contributed by atoms with van der Waals surface area (Å²) in [5, 5.41) is 0. The third-order valence-electron chi connectivity index (χ3n) is 2.27. The Kier molecular flexibility index (Phi) is 3.07. The summed E-state index contributed by atoms with van der Waals surface area (Å²) < 4.78 is 0. The van der Waals surface area contributed by atoms with Gasteiger partial charge < -0.3 is 0 Å². The van der Waals surface area contributed by atoms with Gasteiger partial charge in [-0.2, -0.15) is 0 Å². The van der Waals surface area contributed by atoms with Crippen LogP contribution in [-0.2, 0) is 5.41 Å². The minimum absolute atomic E-state index is 0.262. The molecule has 0 nitrogen and oxygen atoms in total. The fourth-order valence-electron chi connectivity index (χ4n) is 1.29. The van der Waals surface area contributed by atoms with E-state index in [4.69, 9.17) is 0 Å². The molecule has 0 bridgehead atoms. The average Bonchev–Trinajstić information content (AvgIpc) is 2.03. The van der Waals surface area contributed by atoms with Gasteiger partial charge in [-0.05, 0) is 35.8 Å². The summed E-state index contributed by atoms with van der Waals surface area (Å²) in [6.45, 7) is 8.92. The highest BCUT2D eigenvalue weighted by atomic mass is 32.2. The van der Waals surface area contributed by atoms with E-state index in [-0.39, 0.29) is 5.41 Å². The summed E-state index contributed by atoms with van der Waals surface area (Å²) in [6, 6.07) is 6.75. The van der Waals surface area contributed by atoms with Crippen LogP contribution in [-0.4, -0.2) is 6.26 Å². The molecule has 0 saturated carbocycles. The molecule has 0 fully saturated rings. The first-order valence-corrected chi connectivity index (χ1v) is 5.83. The molecule has 0 aliphatic rings. The van der Waals surface area contributed by atoms with E-state index in [9.17, 15) is 0 Å². The van der Waals surface area contributed by atoms with Gasteiger partial charge in [0.25, 0.3) is 0 Å². The van der Waals surface area contributed by atoms with Crippen molar-refractivity contribution in [3.8, 4) is 0 Å². The molecular formula is C12H18S. The van der Waals surface area contributed by atoms with Gasteiger partial charge in [0, 0.05) is 4.90 Å². The maximum atomic E-state index is 2.31. The molecule has 0 radical (unpaired) electrons. The number of benzene rings is 1. The van der Waals surface area contributed by atoms with E-state index in [0.717, 1.165) is 0 Å². The lowest BCUT2D eigenvalue weighted by Gasteiger charge is -2.20. The van der Waals surface area contributed by atoms with E-state index < -0.39 is 0 Å². The largest absolute Gasteiger partial charge is 0.129 e. The van der Waals surface area contributed by atoms with Crippen molar-refractivity contribution in [1.82, 2.24) is 0 Å². The SMILES string of the molecule is CSc1cc(C(C)(C)C)ccc1C. The van der Waals surface area contributed by atoms with Crippen LogP contribution in [0.4, 0.5) is 0 Å². The van der Waals surface area contributed by atoms with Crippen LogP contribution in [0.25, 0.3) is 0 Å². The Labute approximate surface area is 85.7 Å². The summed E-state index contributed by atoms with van der Waals surface area (Å²) in [4.78, 5) is 1.40. The first-order valence-electron chi connectivity index (χ1n) is 4.60. The topological polar surface area (TPSA) is 0 Å². The standard InChI is InChI=1S/C12H18S/c1-9-6-7-10(12(2,3)4)8-11(9)13-5/h6-8H,1-5H3. The smallest absolute Gasteiger partial charge is 0.0101 e. The van der Waals surface area contributed by atoms with Gasteiger partial charge in [-0.15, -0.1) is 11.8 Å². The minimum Gasteiger partial charge on any atom is -0.129 e. The van der Waals surface area contributed by atoms with Crippen molar-refractivity contribution in [3.63, 3.8) is 0 Å². The van der Waals surface area contributed by atoms with Crippen molar-refractivity contribution >= 4 is 11.8 Å². The van der Waals surface area contributed by atoms with Gasteiger partial charge in [0.1, 0.15) is 0 Å². The van der Waals surface area contributed by atoms with Crippen molar-refractivity contribution in [2.45, 2.75) is 38.0 Å². The Morgan fingerprint density at radius 1 is 1.15 bits per heavy atom. The van der Waals surface area contributed by atoms with Crippen molar-refractivity contribution in [3.05, 3.63) is 29.3 Å². The van der Waals surface area contributed by atoms with Crippen molar-refractivity contribution in [2.75, 3.05) is 6.26 Å². The molecule has 0 N–H and O–H groups in total. The Bertz CT molecular complexity index is 294. The third kappa shape index (κ3) is 2.50. The molecule has 0 unspecified atom stereocenters. The Hall–Kier alpha value is -0.430. The molecule has 1 aromatic rings. The lowest BCUT2D eigenvalue weighted by molar-refractivity contribution is 0.588. The zero-order chi connectivity index (χ0) is 10.1. The second-order valence-electron chi connectivity index (χ2n) is 4.43. The van der Waals surface area contributed by atoms with Crippen LogP contribution in [0.3, 0.4) is 0 Å². The maximum Gasteiger partial charge on any atom is 0.0101 e. The van der Waals surface area contributed by atoms with Crippen LogP contribution in [0.2, 0.25) is 0 Å². The van der Waals surface area contributed by atoms with Crippen LogP contribution in [0.1, 0.15) is 31.9 Å². The minimum atomic E-state index is 0.262.